The van der Waals surface area contributed by atoms with Crippen LogP contribution in [0, 0.1) is 6.92 Å². The molecule has 2 fully saturated rings. The van der Waals surface area contributed by atoms with Crippen LogP contribution in [0.2, 0.25) is 0 Å². The van der Waals surface area contributed by atoms with Crippen LogP contribution in [0.15, 0.2) is 18.5 Å². The van der Waals surface area contributed by atoms with Crippen LogP contribution in [0.5, 0.6) is 0 Å². The topological polar surface area (TPSA) is 28.2 Å². The van der Waals surface area contributed by atoms with Gasteiger partial charge in [-0.05, 0) is 50.3 Å². The smallest absolute Gasteiger partial charge is 0.0313 e. The van der Waals surface area contributed by atoms with Crippen LogP contribution >= 0.6 is 0 Å². The van der Waals surface area contributed by atoms with Gasteiger partial charge in [0.2, 0.25) is 0 Å². The maximum Gasteiger partial charge on any atom is 0.0313 e. The molecule has 104 valence electrons. The van der Waals surface area contributed by atoms with E-state index in [1.165, 1.54) is 56.3 Å². The molecular formula is C16H25N3. The second-order valence-electron chi connectivity index (χ2n) is 6.18. The summed E-state index contributed by atoms with van der Waals surface area (Å²) in [7, 11) is 0. The minimum absolute atomic E-state index is 0.701. The van der Waals surface area contributed by atoms with Crippen molar-refractivity contribution < 1.29 is 0 Å². The number of hydrogen-bond acceptors (Lipinski definition) is 3. The van der Waals surface area contributed by atoms with Crippen molar-refractivity contribution in [3.63, 3.8) is 0 Å². The maximum atomic E-state index is 4.32. The second kappa shape index (κ2) is 6.02. The van der Waals surface area contributed by atoms with E-state index < -0.39 is 0 Å². The van der Waals surface area contributed by atoms with Crippen molar-refractivity contribution in [1.82, 2.24) is 15.2 Å². The number of pyridine rings is 1. The first-order chi connectivity index (χ1) is 9.31. The average molecular weight is 259 g/mol. The summed E-state index contributed by atoms with van der Waals surface area (Å²) in [6, 6.07) is 3.80. The van der Waals surface area contributed by atoms with Gasteiger partial charge in [-0.25, -0.2) is 0 Å². The lowest BCUT2D eigenvalue weighted by Crippen LogP contribution is -2.44. The van der Waals surface area contributed by atoms with Gasteiger partial charge in [0.25, 0.3) is 0 Å². The van der Waals surface area contributed by atoms with Crippen molar-refractivity contribution in [3.8, 4) is 0 Å². The van der Waals surface area contributed by atoms with E-state index in [1.54, 1.807) is 0 Å². The first-order valence-corrected chi connectivity index (χ1v) is 7.69. The molecule has 1 saturated carbocycles. The van der Waals surface area contributed by atoms with Gasteiger partial charge < -0.3 is 5.32 Å². The molecule has 0 aromatic carbocycles. The molecule has 0 radical (unpaired) electrons. The van der Waals surface area contributed by atoms with Crippen molar-refractivity contribution in [2.24, 2.45) is 0 Å². The van der Waals surface area contributed by atoms with Crippen molar-refractivity contribution in [1.29, 1.82) is 0 Å². The van der Waals surface area contributed by atoms with Crippen LogP contribution in [-0.4, -0.2) is 35.1 Å². The fourth-order valence-electron chi connectivity index (χ4n) is 3.08. The number of piperidine rings is 1. The van der Waals surface area contributed by atoms with Gasteiger partial charge in [0.05, 0.1) is 0 Å². The molecule has 1 N–H and O–H groups in total. The van der Waals surface area contributed by atoms with E-state index in [4.69, 9.17) is 0 Å². The number of hydrogen-bond donors (Lipinski definition) is 1. The van der Waals surface area contributed by atoms with Crippen LogP contribution in [0.25, 0.3) is 0 Å². The third-order valence-electron chi connectivity index (χ3n) is 4.25. The lowest BCUT2D eigenvalue weighted by Gasteiger charge is -2.30. The summed E-state index contributed by atoms with van der Waals surface area (Å²) >= 11 is 0. The highest BCUT2D eigenvalue weighted by molar-refractivity contribution is 5.16. The minimum atomic E-state index is 0.701. The Morgan fingerprint density at radius 2 is 2.16 bits per heavy atom. The van der Waals surface area contributed by atoms with Crippen LogP contribution in [0.1, 0.15) is 43.2 Å². The third-order valence-corrected chi connectivity index (χ3v) is 4.25. The summed E-state index contributed by atoms with van der Waals surface area (Å²) in [6.07, 6.45) is 10.8. The molecule has 1 aliphatic heterocycles. The number of rotatable bonds is 5. The Morgan fingerprint density at radius 3 is 2.84 bits per heavy atom. The van der Waals surface area contributed by atoms with Crippen molar-refractivity contribution >= 4 is 0 Å². The molecule has 1 aromatic rings. The van der Waals surface area contributed by atoms with Crippen molar-refractivity contribution in [2.75, 3.05) is 13.1 Å². The van der Waals surface area contributed by atoms with Gasteiger partial charge in [-0.1, -0.05) is 12.5 Å². The van der Waals surface area contributed by atoms with E-state index in [0.29, 0.717) is 6.04 Å². The lowest BCUT2D eigenvalue weighted by atomic mass is 10.0. The van der Waals surface area contributed by atoms with E-state index in [9.17, 15) is 0 Å². The maximum absolute atomic E-state index is 4.32. The van der Waals surface area contributed by atoms with Crippen LogP contribution in [-0.2, 0) is 6.54 Å². The van der Waals surface area contributed by atoms with Gasteiger partial charge in [-0.15, -0.1) is 0 Å². The Hall–Kier alpha value is -0.930. The first kappa shape index (κ1) is 13.1. The summed E-state index contributed by atoms with van der Waals surface area (Å²) in [5.74, 6) is 0. The molecule has 2 aliphatic rings. The molecule has 1 unspecified atom stereocenters. The summed E-state index contributed by atoms with van der Waals surface area (Å²) in [5.41, 5.74) is 2.63. The number of aromatic nitrogens is 1. The summed E-state index contributed by atoms with van der Waals surface area (Å²) < 4.78 is 0. The third kappa shape index (κ3) is 3.77. The Labute approximate surface area is 116 Å². The standard InChI is InChI=1S/C16H25N3/c1-13-8-14(10-17-9-13)11-19(16-5-6-16)12-15-4-2-3-7-18-15/h8-10,15-16,18H,2-7,11-12H2,1H3. The number of nitrogens with zero attached hydrogens (tertiary/aromatic N) is 2. The normalized spacial score (nSPS) is 23.8. The quantitative estimate of drug-likeness (QED) is 0.880. The molecule has 0 spiro atoms. The van der Waals surface area contributed by atoms with Crippen LogP contribution in [0.3, 0.4) is 0 Å². The molecule has 1 atom stereocenters. The molecule has 1 saturated heterocycles. The summed E-state index contributed by atoms with van der Waals surface area (Å²) in [4.78, 5) is 6.99. The highest BCUT2D eigenvalue weighted by atomic mass is 15.2. The second-order valence-corrected chi connectivity index (χ2v) is 6.18. The van der Waals surface area contributed by atoms with Crippen molar-refractivity contribution in [2.45, 2.75) is 57.7 Å². The molecule has 0 amide bonds. The van der Waals surface area contributed by atoms with E-state index >= 15 is 0 Å². The number of nitrogens with one attached hydrogen (secondary N) is 1. The van der Waals surface area contributed by atoms with Crippen LogP contribution in [0.4, 0.5) is 0 Å². The highest BCUT2D eigenvalue weighted by Gasteiger charge is 2.30. The molecular weight excluding hydrogens is 234 g/mol. The van der Waals surface area contributed by atoms with Gasteiger partial charge in [0.15, 0.2) is 0 Å². The predicted molar refractivity (Wildman–Crippen MR) is 78.0 cm³/mol. The fraction of sp³-hybridized carbons (Fsp3) is 0.688. The van der Waals surface area contributed by atoms with E-state index in [2.05, 4.69) is 28.2 Å². The monoisotopic (exact) mass is 259 g/mol. The zero-order valence-electron chi connectivity index (χ0n) is 11.9. The molecule has 3 nitrogen and oxygen atoms in total. The van der Waals surface area contributed by atoms with Gasteiger partial charge in [0.1, 0.15) is 0 Å². The molecule has 0 bridgehead atoms. The Bertz CT molecular complexity index is 408. The largest absolute Gasteiger partial charge is 0.313 e. The molecule has 2 heterocycles. The molecule has 19 heavy (non-hydrogen) atoms. The lowest BCUT2D eigenvalue weighted by molar-refractivity contribution is 0.208. The molecule has 1 aliphatic carbocycles. The van der Waals surface area contributed by atoms with E-state index in [-0.39, 0.29) is 0 Å². The van der Waals surface area contributed by atoms with Gasteiger partial charge >= 0.3 is 0 Å². The average Bonchev–Trinajstić information content (AvgIpc) is 3.23. The summed E-state index contributed by atoms with van der Waals surface area (Å²) in [6.45, 7) is 5.60. The molecule has 1 aromatic heterocycles. The van der Waals surface area contributed by atoms with Gasteiger partial charge in [0, 0.05) is 37.6 Å². The molecule has 3 rings (SSSR count). The molecule has 3 heteroatoms. The Morgan fingerprint density at radius 1 is 1.26 bits per heavy atom. The van der Waals surface area contributed by atoms with Gasteiger partial charge in [-0.3, -0.25) is 9.88 Å². The minimum Gasteiger partial charge on any atom is -0.313 e. The van der Waals surface area contributed by atoms with Gasteiger partial charge in [-0.2, -0.15) is 0 Å². The SMILES string of the molecule is Cc1cncc(CN(CC2CCCCN2)C2CC2)c1. The zero-order valence-corrected chi connectivity index (χ0v) is 11.9. The van der Waals surface area contributed by atoms with E-state index in [0.717, 1.165) is 12.6 Å². The van der Waals surface area contributed by atoms with Crippen LogP contribution < -0.4 is 5.32 Å². The predicted octanol–water partition coefficient (Wildman–Crippen LogP) is 2.50. The van der Waals surface area contributed by atoms with E-state index in [1.807, 2.05) is 12.4 Å². The number of aryl methyl sites for hydroxylation is 1. The summed E-state index contributed by atoms with van der Waals surface area (Å²) in [5, 5.41) is 3.67. The Kier molecular flexibility index (Phi) is 4.14. The highest BCUT2D eigenvalue weighted by Crippen LogP contribution is 2.29. The first-order valence-electron chi connectivity index (χ1n) is 7.69. The zero-order chi connectivity index (χ0) is 13.1. The van der Waals surface area contributed by atoms with Crippen molar-refractivity contribution in [3.05, 3.63) is 29.6 Å². The fourth-order valence-corrected chi connectivity index (χ4v) is 3.08. The Balaban J connectivity index is 1.60.